The zero-order chi connectivity index (χ0) is 26.6. The molecule has 3 heterocycles. The Hall–Kier alpha value is -4.24. The van der Waals surface area contributed by atoms with Gasteiger partial charge in [-0.15, -0.1) is 0 Å². The molecular weight excluding hydrogens is 502 g/mol. The lowest BCUT2D eigenvalue weighted by Gasteiger charge is -2.22. The molecule has 1 aliphatic heterocycles. The second-order valence-corrected chi connectivity index (χ2v) is 9.75. The second kappa shape index (κ2) is 11.0. The van der Waals surface area contributed by atoms with E-state index in [9.17, 15) is 14.7 Å². The number of thiazole rings is 1. The number of aliphatic hydroxyl groups excluding tert-OH is 1. The maximum absolute atomic E-state index is 13.5. The number of unbranched alkanes of at least 4 members (excludes halogenated alkanes) is 1. The third-order valence-electron chi connectivity index (χ3n) is 6.18. The molecule has 38 heavy (non-hydrogen) atoms. The lowest BCUT2D eigenvalue weighted by atomic mass is 9.96. The molecule has 1 amide bonds. The maximum Gasteiger partial charge on any atom is 0.301 e. The van der Waals surface area contributed by atoms with Crippen LogP contribution in [0.15, 0.2) is 72.6 Å². The van der Waals surface area contributed by atoms with E-state index in [1.165, 1.54) is 16.2 Å². The summed E-state index contributed by atoms with van der Waals surface area (Å²) >= 11 is 1.28. The fourth-order valence-corrected chi connectivity index (χ4v) is 5.38. The van der Waals surface area contributed by atoms with Crippen molar-refractivity contribution in [3.05, 3.63) is 83.7 Å². The van der Waals surface area contributed by atoms with E-state index >= 15 is 0 Å². The SMILES string of the molecule is CCCCOc1cccc(C(O)=C2C(=O)C(=O)N(c3nc4ccc(OCC)cc4s3)C2c2cccnc2)c1. The molecule has 1 unspecified atom stereocenters. The van der Waals surface area contributed by atoms with E-state index in [0.717, 1.165) is 17.5 Å². The van der Waals surface area contributed by atoms with Crippen LogP contribution in [0.25, 0.3) is 16.0 Å². The van der Waals surface area contributed by atoms with Crippen LogP contribution in [-0.4, -0.2) is 40.0 Å². The number of aromatic nitrogens is 2. The van der Waals surface area contributed by atoms with Gasteiger partial charge in [-0.3, -0.25) is 19.5 Å². The normalized spacial score (nSPS) is 16.8. The molecule has 2 aromatic carbocycles. The summed E-state index contributed by atoms with van der Waals surface area (Å²) in [6.07, 6.45) is 5.09. The molecule has 9 heteroatoms. The van der Waals surface area contributed by atoms with Gasteiger partial charge in [0.05, 0.1) is 35.0 Å². The molecule has 0 aliphatic carbocycles. The Morgan fingerprint density at radius 3 is 2.66 bits per heavy atom. The van der Waals surface area contributed by atoms with Gasteiger partial charge in [0.15, 0.2) is 5.13 Å². The predicted molar refractivity (Wildman–Crippen MR) is 147 cm³/mol. The molecule has 0 radical (unpaired) electrons. The molecule has 2 aromatic heterocycles. The van der Waals surface area contributed by atoms with Crippen molar-refractivity contribution in [1.82, 2.24) is 9.97 Å². The molecule has 1 N–H and O–H groups in total. The van der Waals surface area contributed by atoms with Gasteiger partial charge in [-0.25, -0.2) is 4.98 Å². The lowest BCUT2D eigenvalue weighted by Crippen LogP contribution is -2.29. The van der Waals surface area contributed by atoms with E-state index in [4.69, 9.17) is 9.47 Å². The van der Waals surface area contributed by atoms with E-state index in [2.05, 4.69) is 16.9 Å². The minimum Gasteiger partial charge on any atom is -0.507 e. The Bertz CT molecular complexity index is 1520. The average Bonchev–Trinajstić information content (AvgIpc) is 3.47. The number of amides is 1. The number of carbonyl (C=O) groups excluding carboxylic acids is 2. The monoisotopic (exact) mass is 529 g/mol. The largest absolute Gasteiger partial charge is 0.507 e. The zero-order valence-electron chi connectivity index (χ0n) is 21.1. The van der Waals surface area contributed by atoms with Crippen molar-refractivity contribution in [1.29, 1.82) is 0 Å². The Morgan fingerprint density at radius 1 is 1.05 bits per heavy atom. The van der Waals surface area contributed by atoms with Gasteiger partial charge in [0.1, 0.15) is 17.3 Å². The van der Waals surface area contributed by atoms with Crippen LogP contribution in [0.3, 0.4) is 0 Å². The van der Waals surface area contributed by atoms with Crippen molar-refractivity contribution in [3.63, 3.8) is 0 Å². The summed E-state index contributed by atoms with van der Waals surface area (Å²) in [6.45, 7) is 5.05. The van der Waals surface area contributed by atoms with Crippen LogP contribution in [0.2, 0.25) is 0 Å². The topological polar surface area (TPSA) is 102 Å². The number of hydrogen-bond donors (Lipinski definition) is 1. The Kier molecular flexibility index (Phi) is 7.37. The number of ketones is 1. The number of fused-ring (bicyclic) bond motifs is 1. The summed E-state index contributed by atoms with van der Waals surface area (Å²) in [5.41, 5.74) is 1.62. The van der Waals surface area contributed by atoms with Gasteiger partial charge < -0.3 is 14.6 Å². The van der Waals surface area contributed by atoms with Gasteiger partial charge in [0.25, 0.3) is 5.78 Å². The summed E-state index contributed by atoms with van der Waals surface area (Å²) in [6, 6.07) is 15.0. The molecule has 194 valence electrons. The van der Waals surface area contributed by atoms with Crippen molar-refractivity contribution in [2.24, 2.45) is 0 Å². The first kappa shape index (κ1) is 25.4. The summed E-state index contributed by atoms with van der Waals surface area (Å²) in [7, 11) is 0. The summed E-state index contributed by atoms with van der Waals surface area (Å²) in [4.78, 5) is 37.1. The Labute approximate surface area is 224 Å². The molecule has 1 fully saturated rings. The van der Waals surface area contributed by atoms with Crippen molar-refractivity contribution < 1.29 is 24.2 Å². The lowest BCUT2D eigenvalue weighted by molar-refractivity contribution is -0.132. The minimum absolute atomic E-state index is 0.0250. The predicted octanol–water partition coefficient (Wildman–Crippen LogP) is 5.90. The summed E-state index contributed by atoms with van der Waals surface area (Å²) in [5, 5.41) is 11.8. The van der Waals surface area contributed by atoms with Crippen LogP contribution in [0, 0.1) is 0 Å². The highest BCUT2D eigenvalue weighted by Crippen LogP contribution is 2.44. The Morgan fingerprint density at radius 2 is 1.89 bits per heavy atom. The van der Waals surface area contributed by atoms with E-state index in [-0.39, 0.29) is 11.3 Å². The van der Waals surface area contributed by atoms with E-state index in [1.54, 1.807) is 48.8 Å². The smallest absolute Gasteiger partial charge is 0.301 e. The molecule has 0 bridgehead atoms. The van der Waals surface area contributed by atoms with Gasteiger partial charge in [-0.1, -0.05) is 42.9 Å². The minimum atomic E-state index is -0.903. The van der Waals surface area contributed by atoms with Crippen molar-refractivity contribution in [3.8, 4) is 11.5 Å². The number of nitrogens with zero attached hydrogens (tertiary/aromatic N) is 3. The standard InChI is InChI=1S/C29H27N3O5S/c1-3-5-14-37-20-10-6-8-18(15-20)26(33)24-25(19-9-7-13-30-17-19)32(28(35)27(24)34)29-31-22-12-11-21(36-4-2)16-23(22)38-29/h6-13,15-17,25,33H,3-5,14H2,1-2H3. The first-order valence-corrected chi connectivity index (χ1v) is 13.3. The molecular formula is C29H27N3O5S. The van der Waals surface area contributed by atoms with Gasteiger partial charge in [0, 0.05) is 18.0 Å². The molecule has 0 spiro atoms. The van der Waals surface area contributed by atoms with Crippen LogP contribution in [-0.2, 0) is 9.59 Å². The first-order chi connectivity index (χ1) is 18.5. The van der Waals surface area contributed by atoms with Crippen molar-refractivity contribution >= 4 is 44.1 Å². The second-order valence-electron chi connectivity index (χ2n) is 8.74. The molecule has 5 rings (SSSR count). The molecule has 8 nitrogen and oxygen atoms in total. The molecule has 0 saturated carbocycles. The number of hydrogen-bond acceptors (Lipinski definition) is 8. The zero-order valence-corrected chi connectivity index (χ0v) is 21.9. The van der Waals surface area contributed by atoms with Crippen LogP contribution in [0.1, 0.15) is 43.9 Å². The van der Waals surface area contributed by atoms with Crippen LogP contribution in [0.5, 0.6) is 11.5 Å². The van der Waals surface area contributed by atoms with Gasteiger partial charge >= 0.3 is 5.91 Å². The quantitative estimate of drug-likeness (QED) is 0.125. The van der Waals surface area contributed by atoms with Gasteiger partial charge in [-0.2, -0.15) is 0 Å². The number of rotatable bonds is 9. The fraction of sp³-hybridized carbons (Fsp3) is 0.241. The molecule has 1 aliphatic rings. The van der Waals surface area contributed by atoms with Crippen LogP contribution in [0.4, 0.5) is 5.13 Å². The van der Waals surface area contributed by atoms with Crippen molar-refractivity contribution in [2.45, 2.75) is 32.7 Å². The molecule has 1 saturated heterocycles. The first-order valence-electron chi connectivity index (χ1n) is 12.5. The number of aliphatic hydroxyl groups is 1. The highest BCUT2D eigenvalue weighted by Gasteiger charge is 2.48. The highest BCUT2D eigenvalue weighted by atomic mass is 32.1. The van der Waals surface area contributed by atoms with E-state index < -0.39 is 17.7 Å². The number of carbonyl (C=O) groups is 2. The third-order valence-corrected chi connectivity index (χ3v) is 7.20. The maximum atomic E-state index is 13.5. The summed E-state index contributed by atoms with van der Waals surface area (Å²) < 4.78 is 12.2. The Balaban J connectivity index is 1.61. The van der Waals surface area contributed by atoms with Gasteiger partial charge in [-0.05, 0) is 55.3 Å². The average molecular weight is 530 g/mol. The van der Waals surface area contributed by atoms with E-state index in [0.29, 0.717) is 46.5 Å². The highest BCUT2D eigenvalue weighted by molar-refractivity contribution is 7.22. The summed E-state index contributed by atoms with van der Waals surface area (Å²) in [5.74, 6) is -0.559. The van der Waals surface area contributed by atoms with Gasteiger partial charge in [0.2, 0.25) is 0 Å². The number of anilines is 1. The number of ether oxygens (including phenoxy) is 2. The number of benzene rings is 2. The van der Waals surface area contributed by atoms with Crippen LogP contribution < -0.4 is 14.4 Å². The number of Topliss-reactive ketones (excluding diaryl/α,β-unsaturated/α-hetero) is 1. The van der Waals surface area contributed by atoms with Crippen LogP contribution >= 0.6 is 11.3 Å². The number of pyridine rings is 1. The van der Waals surface area contributed by atoms with E-state index in [1.807, 2.05) is 25.1 Å². The fourth-order valence-electron chi connectivity index (χ4n) is 4.36. The van der Waals surface area contributed by atoms with Crippen molar-refractivity contribution in [2.75, 3.05) is 18.1 Å². The molecule has 1 atom stereocenters. The third kappa shape index (κ3) is 4.84. The molecule has 4 aromatic rings.